The second kappa shape index (κ2) is 9.85. The fourth-order valence-electron chi connectivity index (χ4n) is 5.96. The highest BCUT2D eigenvalue weighted by Crippen LogP contribution is 2.38. The summed E-state index contributed by atoms with van der Waals surface area (Å²) in [4.78, 5) is 25.7. The molecule has 2 aliphatic rings. The topological polar surface area (TPSA) is 123 Å². The second-order valence-electron chi connectivity index (χ2n) is 9.99. The van der Waals surface area contributed by atoms with E-state index in [0.29, 0.717) is 24.7 Å². The van der Waals surface area contributed by atoms with Gasteiger partial charge in [0.2, 0.25) is 5.91 Å². The maximum atomic E-state index is 13.1. The molecule has 0 radical (unpaired) electrons. The molecule has 3 aromatic rings. The summed E-state index contributed by atoms with van der Waals surface area (Å²) < 4.78 is 2.29. The summed E-state index contributed by atoms with van der Waals surface area (Å²) in [6.07, 6.45) is 13.1. The highest BCUT2D eigenvalue weighted by Gasteiger charge is 2.28. The minimum atomic E-state index is 0.0109. The Kier molecular flexibility index (Phi) is 6.49. The van der Waals surface area contributed by atoms with E-state index in [-0.39, 0.29) is 24.4 Å². The van der Waals surface area contributed by atoms with Gasteiger partial charge in [0.25, 0.3) is 0 Å². The van der Waals surface area contributed by atoms with Gasteiger partial charge >= 0.3 is 0 Å². The molecule has 2 aliphatic carbocycles. The Balaban J connectivity index is 1.38. The van der Waals surface area contributed by atoms with Gasteiger partial charge in [-0.25, -0.2) is 9.97 Å². The summed E-state index contributed by atoms with van der Waals surface area (Å²) in [5, 5.41) is 22.3. The van der Waals surface area contributed by atoms with Gasteiger partial charge in [0.1, 0.15) is 17.0 Å². The van der Waals surface area contributed by atoms with Crippen molar-refractivity contribution < 1.29 is 4.79 Å². The predicted molar refractivity (Wildman–Crippen MR) is 128 cm³/mol. The van der Waals surface area contributed by atoms with Crippen LogP contribution in [-0.4, -0.2) is 31.5 Å². The molecule has 3 heterocycles. The molecule has 0 saturated heterocycles. The number of fused-ring (bicyclic) bond motifs is 3. The molecule has 176 valence electrons. The van der Waals surface area contributed by atoms with E-state index in [1.165, 1.54) is 0 Å². The number of nitrogens with zero attached hydrogens (tertiary/aromatic N) is 5. The molecule has 0 atom stereocenters. The van der Waals surface area contributed by atoms with Gasteiger partial charge in [-0.1, -0.05) is 0 Å². The molecule has 0 aliphatic heterocycles. The molecule has 0 spiro atoms. The Labute approximate surface area is 199 Å². The van der Waals surface area contributed by atoms with Crippen LogP contribution < -0.4 is 5.32 Å². The maximum absolute atomic E-state index is 13.1. The number of nitriles is 2. The zero-order chi connectivity index (χ0) is 23.5. The monoisotopic (exact) mass is 457 g/mol. The van der Waals surface area contributed by atoms with Crippen molar-refractivity contribution in [3.63, 3.8) is 0 Å². The Morgan fingerprint density at radius 1 is 1.06 bits per heavy atom. The lowest BCUT2D eigenvalue weighted by Crippen LogP contribution is -2.39. The quantitative estimate of drug-likeness (QED) is 0.556. The molecular weight excluding hydrogens is 426 g/mol. The third-order valence-electron chi connectivity index (χ3n) is 7.78. The van der Waals surface area contributed by atoms with Crippen molar-refractivity contribution >= 4 is 28.0 Å². The first-order chi connectivity index (χ1) is 16.7. The lowest BCUT2D eigenvalue weighted by Gasteiger charge is -2.30. The van der Waals surface area contributed by atoms with E-state index in [0.717, 1.165) is 79.3 Å². The van der Waals surface area contributed by atoms with Crippen LogP contribution in [0.2, 0.25) is 0 Å². The van der Waals surface area contributed by atoms with Crippen LogP contribution >= 0.6 is 0 Å². The van der Waals surface area contributed by atoms with Crippen LogP contribution in [0.5, 0.6) is 0 Å². The summed E-state index contributed by atoms with van der Waals surface area (Å²) in [6.45, 7) is 0. The van der Waals surface area contributed by atoms with E-state index in [4.69, 9.17) is 15.5 Å². The molecule has 1 amide bonds. The van der Waals surface area contributed by atoms with E-state index in [9.17, 15) is 4.79 Å². The van der Waals surface area contributed by atoms with Gasteiger partial charge in [0, 0.05) is 36.5 Å². The summed E-state index contributed by atoms with van der Waals surface area (Å²) in [5.74, 6) is 1.74. The van der Waals surface area contributed by atoms with Crippen LogP contribution in [0.3, 0.4) is 0 Å². The normalized spacial score (nSPS) is 25.1. The van der Waals surface area contributed by atoms with Crippen molar-refractivity contribution in [2.24, 2.45) is 11.8 Å². The highest BCUT2D eigenvalue weighted by atomic mass is 16.1. The molecule has 8 nitrogen and oxygen atoms in total. The highest BCUT2D eigenvalue weighted by molar-refractivity contribution is 6.01. The first kappa shape index (κ1) is 22.4. The Bertz CT molecular complexity index is 1240. The van der Waals surface area contributed by atoms with Crippen molar-refractivity contribution in [1.82, 2.24) is 24.8 Å². The lowest BCUT2D eigenvalue weighted by molar-refractivity contribution is -0.121. The van der Waals surface area contributed by atoms with Crippen molar-refractivity contribution in [3.8, 4) is 12.1 Å². The molecule has 5 rings (SSSR count). The smallest absolute Gasteiger partial charge is 0.227 e. The number of aromatic nitrogens is 4. The lowest BCUT2D eigenvalue weighted by atomic mass is 9.84. The zero-order valence-electron chi connectivity index (χ0n) is 19.5. The van der Waals surface area contributed by atoms with E-state index in [1.54, 1.807) is 6.20 Å². The molecule has 8 heteroatoms. The summed E-state index contributed by atoms with van der Waals surface area (Å²) >= 11 is 0. The van der Waals surface area contributed by atoms with Gasteiger partial charge in [-0.05, 0) is 69.3 Å². The van der Waals surface area contributed by atoms with Gasteiger partial charge < -0.3 is 14.9 Å². The average Bonchev–Trinajstić information content (AvgIpc) is 3.45. The first-order valence-corrected chi connectivity index (χ1v) is 12.5. The largest absolute Gasteiger partial charge is 0.353 e. The maximum Gasteiger partial charge on any atom is 0.227 e. The Hall–Kier alpha value is -3.39. The number of imidazole rings is 1. The number of pyridine rings is 1. The molecule has 0 aromatic carbocycles. The van der Waals surface area contributed by atoms with Gasteiger partial charge in [0.05, 0.1) is 30.3 Å². The summed E-state index contributed by atoms with van der Waals surface area (Å²) in [5.41, 5.74) is 2.71. The number of amides is 1. The molecule has 0 unspecified atom stereocenters. The fourth-order valence-corrected chi connectivity index (χ4v) is 5.96. The minimum absolute atomic E-state index is 0.0109. The average molecular weight is 458 g/mol. The molecule has 2 fully saturated rings. The van der Waals surface area contributed by atoms with Gasteiger partial charge in [-0.3, -0.25) is 4.79 Å². The summed E-state index contributed by atoms with van der Waals surface area (Å²) in [7, 11) is 0. The number of carbonyl (C=O) groups is 1. The molecule has 2 saturated carbocycles. The third-order valence-corrected chi connectivity index (χ3v) is 7.78. The van der Waals surface area contributed by atoms with Gasteiger partial charge in [-0.15, -0.1) is 0 Å². The molecule has 0 bridgehead atoms. The Morgan fingerprint density at radius 2 is 1.74 bits per heavy atom. The van der Waals surface area contributed by atoms with Crippen LogP contribution in [0.15, 0.2) is 18.5 Å². The van der Waals surface area contributed by atoms with Gasteiger partial charge in [-0.2, -0.15) is 10.5 Å². The van der Waals surface area contributed by atoms with E-state index >= 15 is 0 Å². The van der Waals surface area contributed by atoms with Crippen LogP contribution in [0.4, 0.5) is 0 Å². The number of aromatic amines is 1. The number of nitrogens with one attached hydrogen (secondary N) is 2. The van der Waals surface area contributed by atoms with Gasteiger partial charge in [0.15, 0.2) is 0 Å². The van der Waals surface area contributed by atoms with Crippen LogP contribution in [-0.2, 0) is 11.2 Å². The van der Waals surface area contributed by atoms with Crippen molar-refractivity contribution in [2.75, 3.05) is 0 Å². The summed E-state index contributed by atoms with van der Waals surface area (Å²) in [6, 6.07) is 7.08. The van der Waals surface area contributed by atoms with Crippen LogP contribution in [0.25, 0.3) is 22.1 Å². The van der Waals surface area contributed by atoms with E-state index in [2.05, 4.69) is 32.0 Å². The number of hydrogen-bond acceptors (Lipinski definition) is 5. The van der Waals surface area contributed by atoms with Crippen LogP contribution in [0, 0.1) is 34.5 Å². The number of H-pyrrole nitrogens is 1. The SMILES string of the molecule is N#CCC1CCC(n2c(CC(=O)N[C@H]3CC[C@H](CC#N)CC3)nc3cnc4[nH]ccc4c32)CC1. The van der Waals surface area contributed by atoms with Crippen molar-refractivity contribution in [2.45, 2.75) is 82.7 Å². The number of hydrogen-bond donors (Lipinski definition) is 2. The molecule has 34 heavy (non-hydrogen) atoms. The van der Waals surface area contributed by atoms with E-state index < -0.39 is 0 Å². The number of rotatable bonds is 6. The Morgan fingerprint density at radius 3 is 2.41 bits per heavy atom. The molecule has 2 N–H and O–H groups in total. The molecular formula is C26H31N7O. The van der Waals surface area contributed by atoms with Crippen LogP contribution in [0.1, 0.15) is 76.1 Å². The van der Waals surface area contributed by atoms with Crippen molar-refractivity contribution in [3.05, 3.63) is 24.3 Å². The van der Waals surface area contributed by atoms with Crippen molar-refractivity contribution in [1.29, 1.82) is 10.5 Å². The standard InChI is InChI=1S/C26H31N7O/c27-12-9-17-1-5-19(6-2-17)31-24(34)15-23-32-22-16-30-26-21(11-14-29-26)25(22)33(23)20-7-3-18(4-8-20)10-13-28/h11,14,16-20H,1-10,15H2,(H,29,30)(H,31,34)/t17-,18?,19-,20?. The fraction of sp³-hybridized carbons (Fsp3) is 0.577. The first-order valence-electron chi connectivity index (χ1n) is 12.5. The third kappa shape index (κ3) is 4.50. The number of carbonyl (C=O) groups excluding carboxylic acids is 1. The predicted octanol–water partition coefficient (Wildman–Crippen LogP) is 4.69. The molecule has 3 aromatic heterocycles. The van der Waals surface area contributed by atoms with E-state index in [1.807, 2.05) is 12.3 Å². The zero-order valence-corrected chi connectivity index (χ0v) is 19.5. The minimum Gasteiger partial charge on any atom is -0.353 e. The second-order valence-corrected chi connectivity index (χ2v) is 9.99.